The minimum Gasteiger partial charge on any atom is -0.550 e. The zero-order valence-electron chi connectivity index (χ0n) is 12.5. The van der Waals surface area contributed by atoms with E-state index in [-0.39, 0.29) is 19.7 Å². The van der Waals surface area contributed by atoms with Crippen molar-refractivity contribution in [3.63, 3.8) is 0 Å². The van der Waals surface area contributed by atoms with Crippen LogP contribution in [0.2, 0.25) is 0 Å². The molecule has 0 radical (unpaired) electrons. The second-order valence-electron chi connectivity index (χ2n) is 4.14. The van der Waals surface area contributed by atoms with Gasteiger partial charge in [0.15, 0.2) is 0 Å². The lowest BCUT2D eigenvalue weighted by atomic mass is 10.2. The summed E-state index contributed by atoms with van der Waals surface area (Å²) >= 11 is 0. The fraction of sp³-hybridized carbons (Fsp3) is 0.769. The molecule has 0 aromatic heterocycles. The van der Waals surface area contributed by atoms with Crippen molar-refractivity contribution >= 4 is 18.5 Å². The monoisotopic (exact) mass is 306 g/mol. The van der Waals surface area contributed by atoms with E-state index < -0.39 is 18.1 Å². The number of carboxylic acids is 1. The molecule has 124 valence electrons. The molecule has 0 saturated carbocycles. The molecule has 0 bridgehead atoms. The fourth-order valence-electron chi connectivity index (χ4n) is 1.20. The number of carboxylic acid groups (broad SMARTS) is 1. The normalized spacial score (nSPS) is 10.6. The summed E-state index contributed by atoms with van der Waals surface area (Å²) in [6.07, 6.45) is 3.51. The first kappa shape index (κ1) is 21.5. The van der Waals surface area contributed by atoms with Crippen LogP contribution < -0.4 is 10.4 Å². The number of nitrogens with one attached hydrogen (secondary N) is 1. The van der Waals surface area contributed by atoms with Crippen LogP contribution in [-0.2, 0) is 19.1 Å². The number of aliphatic hydroxyl groups is 1. The summed E-state index contributed by atoms with van der Waals surface area (Å²) in [5.41, 5.74) is 0. The number of carbonyl (C=O) groups is 3. The molecule has 2 N–H and O–H groups in total. The van der Waals surface area contributed by atoms with Crippen molar-refractivity contribution in [2.75, 3.05) is 19.8 Å². The van der Waals surface area contributed by atoms with Crippen LogP contribution in [0.15, 0.2) is 0 Å². The topological polar surface area (TPSA) is 125 Å². The SMILES string of the molecule is CC(=O)[O-].CCCCCCOC(=O)NC(CO)COC=O. The van der Waals surface area contributed by atoms with Gasteiger partial charge >= 0.3 is 6.09 Å². The number of aliphatic hydroxyl groups excluding tert-OH is 1. The predicted octanol–water partition coefficient (Wildman–Crippen LogP) is -0.417. The number of hydrogen-bond acceptors (Lipinski definition) is 7. The summed E-state index contributed by atoms with van der Waals surface area (Å²) in [6, 6.07) is -0.622. The van der Waals surface area contributed by atoms with Crippen LogP contribution in [0.3, 0.4) is 0 Å². The Hall–Kier alpha value is -1.83. The highest BCUT2D eigenvalue weighted by Gasteiger charge is 2.12. The van der Waals surface area contributed by atoms with Gasteiger partial charge < -0.3 is 29.8 Å². The molecule has 1 unspecified atom stereocenters. The van der Waals surface area contributed by atoms with E-state index in [2.05, 4.69) is 17.0 Å². The Balaban J connectivity index is 0. The van der Waals surface area contributed by atoms with Gasteiger partial charge in [0, 0.05) is 5.97 Å². The average Bonchev–Trinajstić information content (AvgIpc) is 2.42. The van der Waals surface area contributed by atoms with Gasteiger partial charge in [-0.05, 0) is 13.3 Å². The maximum atomic E-state index is 11.2. The number of ether oxygens (including phenoxy) is 2. The molecular weight excluding hydrogens is 282 g/mol. The maximum Gasteiger partial charge on any atom is 0.407 e. The van der Waals surface area contributed by atoms with Crippen LogP contribution in [0, 0.1) is 0 Å². The Kier molecular flexibility index (Phi) is 16.6. The molecule has 1 amide bonds. The lowest BCUT2D eigenvalue weighted by molar-refractivity contribution is -0.302. The summed E-state index contributed by atoms with van der Waals surface area (Å²) in [4.78, 5) is 30.0. The Morgan fingerprint density at radius 3 is 2.43 bits per heavy atom. The van der Waals surface area contributed by atoms with Crippen LogP contribution in [0.1, 0.15) is 39.5 Å². The number of unbranched alkanes of at least 4 members (excludes halogenated alkanes) is 3. The van der Waals surface area contributed by atoms with Crippen LogP contribution in [0.5, 0.6) is 0 Å². The molecule has 0 aromatic rings. The summed E-state index contributed by atoms with van der Waals surface area (Å²) < 4.78 is 9.33. The number of carbonyl (C=O) groups excluding carboxylic acids is 3. The molecule has 21 heavy (non-hydrogen) atoms. The summed E-state index contributed by atoms with van der Waals surface area (Å²) in [5, 5.41) is 20.2. The van der Waals surface area contributed by atoms with Gasteiger partial charge in [0.1, 0.15) is 6.61 Å². The molecule has 0 fully saturated rings. The lowest BCUT2D eigenvalue weighted by Crippen LogP contribution is -2.41. The Morgan fingerprint density at radius 2 is 1.95 bits per heavy atom. The van der Waals surface area contributed by atoms with Gasteiger partial charge in [0.25, 0.3) is 6.47 Å². The Labute approximate surface area is 124 Å². The zero-order valence-corrected chi connectivity index (χ0v) is 12.5. The number of aliphatic carboxylic acids is 1. The van der Waals surface area contributed by atoms with E-state index in [0.717, 1.165) is 32.6 Å². The van der Waals surface area contributed by atoms with E-state index in [1.807, 2.05) is 0 Å². The first-order chi connectivity index (χ1) is 9.97. The van der Waals surface area contributed by atoms with Crippen molar-refractivity contribution in [1.29, 1.82) is 0 Å². The lowest BCUT2D eigenvalue weighted by Gasteiger charge is -2.14. The van der Waals surface area contributed by atoms with Gasteiger partial charge in [-0.1, -0.05) is 26.2 Å². The molecule has 0 rings (SSSR count). The fourth-order valence-corrected chi connectivity index (χ4v) is 1.20. The minimum absolute atomic E-state index is 0.0645. The Bertz CT molecular complexity index is 280. The van der Waals surface area contributed by atoms with Gasteiger partial charge in [-0.15, -0.1) is 0 Å². The van der Waals surface area contributed by atoms with Crippen molar-refractivity contribution in [1.82, 2.24) is 5.32 Å². The van der Waals surface area contributed by atoms with Gasteiger partial charge in [-0.3, -0.25) is 4.79 Å². The number of hydrogen-bond donors (Lipinski definition) is 2. The first-order valence-electron chi connectivity index (χ1n) is 6.74. The van der Waals surface area contributed by atoms with Crippen LogP contribution in [0.25, 0.3) is 0 Å². The standard InChI is InChI=1S/C11H21NO5.C2H4O2/c1-2-3-4-5-6-17-11(15)12-10(7-13)8-16-9-14;1-2(3)4/h9-10,13H,2-8H2,1H3,(H,12,15);1H3,(H,3,4)/p-1. The van der Waals surface area contributed by atoms with E-state index in [1.54, 1.807) is 0 Å². The molecule has 0 aromatic carbocycles. The van der Waals surface area contributed by atoms with E-state index in [1.165, 1.54) is 0 Å². The van der Waals surface area contributed by atoms with Gasteiger partial charge in [-0.2, -0.15) is 0 Å². The van der Waals surface area contributed by atoms with E-state index in [0.29, 0.717) is 6.61 Å². The molecule has 0 aliphatic heterocycles. The molecule has 8 nitrogen and oxygen atoms in total. The third-order valence-corrected chi connectivity index (χ3v) is 2.14. The van der Waals surface area contributed by atoms with E-state index in [4.69, 9.17) is 19.7 Å². The van der Waals surface area contributed by atoms with Crippen molar-refractivity contribution in [3.05, 3.63) is 0 Å². The third-order valence-electron chi connectivity index (χ3n) is 2.14. The number of alkyl carbamates (subject to hydrolysis) is 1. The molecule has 0 aliphatic rings. The average molecular weight is 306 g/mol. The zero-order chi connectivity index (χ0) is 16.5. The van der Waals surface area contributed by atoms with Crippen molar-refractivity contribution in [3.8, 4) is 0 Å². The molecule has 8 heteroatoms. The smallest absolute Gasteiger partial charge is 0.407 e. The number of amides is 1. The molecular formula is C13H24NO7-. The molecule has 0 saturated heterocycles. The largest absolute Gasteiger partial charge is 0.550 e. The highest BCUT2D eigenvalue weighted by molar-refractivity contribution is 5.67. The van der Waals surface area contributed by atoms with Crippen molar-refractivity contribution in [2.24, 2.45) is 0 Å². The highest BCUT2D eigenvalue weighted by Crippen LogP contribution is 1.99. The third kappa shape index (κ3) is 20.6. The summed E-state index contributed by atoms with van der Waals surface area (Å²) in [6.45, 7) is 3.33. The van der Waals surface area contributed by atoms with Crippen molar-refractivity contribution in [2.45, 2.75) is 45.6 Å². The van der Waals surface area contributed by atoms with Crippen molar-refractivity contribution < 1.29 is 34.1 Å². The Morgan fingerprint density at radius 1 is 1.33 bits per heavy atom. The minimum atomic E-state index is -1.08. The maximum absolute atomic E-state index is 11.2. The molecule has 1 atom stereocenters. The van der Waals surface area contributed by atoms with Crippen LogP contribution in [-0.4, -0.2) is 49.5 Å². The predicted molar refractivity (Wildman–Crippen MR) is 72.2 cm³/mol. The van der Waals surface area contributed by atoms with Gasteiger partial charge in [0.05, 0.1) is 19.3 Å². The van der Waals surface area contributed by atoms with Gasteiger partial charge in [0.2, 0.25) is 0 Å². The quantitative estimate of drug-likeness (QED) is 0.415. The molecule has 0 spiro atoms. The van der Waals surface area contributed by atoms with Gasteiger partial charge in [-0.25, -0.2) is 4.79 Å². The highest BCUT2D eigenvalue weighted by atomic mass is 16.6. The summed E-state index contributed by atoms with van der Waals surface area (Å²) in [7, 11) is 0. The number of rotatable bonds is 10. The van der Waals surface area contributed by atoms with E-state index >= 15 is 0 Å². The first-order valence-corrected chi connectivity index (χ1v) is 6.74. The second-order valence-corrected chi connectivity index (χ2v) is 4.14. The summed E-state index contributed by atoms with van der Waals surface area (Å²) in [5.74, 6) is -1.08. The van der Waals surface area contributed by atoms with Crippen LogP contribution in [0.4, 0.5) is 4.79 Å². The molecule has 0 heterocycles. The molecule has 0 aliphatic carbocycles. The second kappa shape index (κ2) is 16.2. The van der Waals surface area contributed by atoms with Crippen LogP contribution >= 0.6 is 0 Å². The van der Waals surface area contributed by atoms with E-state index in [9.17, 15) is 9.59 Å².